The fourth-order valence-corrected chi connectivity index (χ4v) is 2.80. The molecule has 0 aromatic heterocycles. The second-order valence-electron chi connectivity index (χ2n) is 5.91. The van der Waals surface area contributed by atoms with Crippen LogP contribution in [0.1, 0.15) is 33.1 Å². The third kappa shape index (κ3) is 4.75. The molecule has 2 N–H and O–H groups in total. The number of hydrogen-bond donors (Lipinski definition) is 2. The summed E-state index contributed by atoms with van der Waals surface area (Å²) in [6.07, 6.45) is 3.25. The van der Waals surface area contributed by atoms with E-state index in [0.717, 1.165) is 19.7 Å². The first-order valence-electron chi connectivity index (χ1n) is 7.51. The van der Waals surface area contributed by atoms with E-state index in [2.05, 4.69) is 29.4 Å². The second-order valence-corrected chi connectivity index (χ2v) is 5.91. The van der Waals surface area contributed by atoms with Crippen LogP contribution < -0.4 is 10.6 Å². The number of carbonyl (C=O) groups excluding carboxylic acids is 1. The van der Waals surface area contributed by atoms with Crippen molar-refractivity contribution in [3.05, 3.63) is 0 Å². The molecule has 19 heavy (non-hydrogen) atoms. The van der Waals surface area contributed by atoms with Crippen LogP contribution >= 0.6 is 0 Å². The SMILES string of the molecule is CC(C)NCCC(=O)NCC1CN2CCCC2CO1. The van der Waals surface area contributed by atoms with Crippen molar-refractivity contribution in [2.45, 2.75) is 51.3 Å². The molecule has 0 bridgehead atoms. The third-order valence-electron chi connectivity index (χ3n) is 3.89. The van der Waals surface area contributed by atoms with Gasteiger partial charge in [0.25, 0.3) is 0 Å². The number of hydrogen-bond acceptors (Lipinski definition) is 4. The lowest BCUT2D eigenvalue weighted by molar-refractivity contribution is -0.122. The Balaban J connectivity index is 1.58. The molecule has 2 saturated heterocycles. The van der Waals surface area contributed by atoms with Crippen LogP contribution in [-0.2, 0) is 9.53 Å². The second kappa shape index (κ2) is 7.22. The van der Waals surface area contributed by atoms with E-state index in [-0.39, 0.29) is 12.0 Å². The maximum absolute atomic E-state index is 11.7. The Kier molecular flexibility index (Phi) is 5.60. The summed E-state index contributed by atoms with van der Waals surface area (Å²) in [7, 11) is 0. The molecule has 5 heteroatoms. The fourth-order valence-electron chi connectivity index (χ4n) is 2.80. The number of carbonyl (C=O) groups is 1. The molecule has 0 saturated carbocycles. The number of nitrogens with zero attached hydrogens (tertiary/aromatic N) is 1. The lowest BCUT2D eigenvalue weighted by atomic mass is 10.2. The van der Waals surface area contributed by atoms with Gasteiger partial charge in [-0.15, -0.1) is 0 Å². The van der Waals surface area contributed by atoms with E-state index in [1.165, 1.54) is 19.4 Å². The number of amides is 1. The summed E-state index contributed by atoms with van der Waals surface area (Å²) in [5, 5.41) is 6.22. The van der Waals surface area contributed by atoms with E-state index in [1.54, 1.807) is 0 Å². The monoisotopic (exact) mass is 269 g/mol. The topological polar surface area (TPSA) is 53.6 Å². The standard InChI is InChI=1S/C14H27N3O2/c1-11(2)15-6-5-14(18)16-8-13-9-17-7-3-4-12(17)10-19-13/h11-13,15H,3-10H2,1-2H3,(H,16,18). The van der Waals surface area contributed by atoms with Crippen molar-refractivity contribution in [2.24, 2.45) is 0 Å². The summed E-state index contributed by atoms with van der Waals surface area (Å²) < 4.78 is 5.81. The predicted octanol–water partition coefficient (Wildman–Crippen LogP) is 0.354. The zero-order chi connectivity index (χ0) is 13.7. The van der Waals surface area contributed by atoms with Crippen molar-refractivity contribution >= 4 is 5.91 Å². The van der Waals surface area contributed by atoms with Gasteiger partial charge in [-0.05, 0) is 19.4 Å². The Morgan fingerprint density at radius 2 is 2.32 bits per heavy atom. The quantitative estimate of drug-likeness (QED) is 0.731. The fraction of sp³-hybridized carbons (Fsp3) is 0.929. The molecule has 2 atom stereocenters. The highest BCUT2D eigenvalue weighted by Crippen LogP contribution is 2.22. The van der Waals surface area contributed by atoms with Crippen LogP contribution in [0.2, 0.25) is 0 Å². The number of ether oxygens (including phenoxy) is 1. The molecule has 110 valence electrons. The van der Waals surface area contributed by atoms with Gasteiger partial charge < -0.3 is 15.4 Å². The highest BCUT2D eigenvalue weighted by Gasteiger charge is 2.32. The van der Waals surface area contributed by atoms with Crippen molar-refractivity contribution in [3.8, 4) is 0 Å². The van der Waals surface area contributed by atoms with Crippen molar-refractivity contribution in [1.82, 2.24) is 15.5 Å². The Labute approximate surface area is 116 Å². The average Bonchev–Trinajstić information content (AvgIpc) is 2.83. The summed E-state index contributed by atoms with van der Waals surface area (Å²) in [5.74, 6) is 0.111. The number of rotatable bonds is 6. The molecule has 0 aromatic rings. The maximum Gasteiger partial charge on any atom is 0.221 e. The highest BCUT2D eigenvalue weighted by atomic mass is 16.5. The summed E-state index contributed by atoms with van der Waals surface area (Å²) >= 11 is 0. The molecule has 0 radical (unpaired) electrons. The van der Waals surface area contributed by atoms with Gasteiger partial charge in [-0.3, -0.25) is 9.69 Å². The molecule has 1 amide bonds. The van der Waals surface area contributed by atoms with Crippen LogP contribution in [0.3, 0.4) is 0 Å². The Morgan fingerprint density at radius 1 is 1.47 bits per heavy atom. The van der Waals surface area contributed by atoms with Crippen LogP contribution in [0, 0.1) is 0 Å². The largest absolute Gasteiger partial charge is 0.373 e. The van der Waals surface area contributed by atoms with Crippen LogP contribution in [0.5, 0.6) is 0 Å². The molecule has 2 aliphatic heterocycles. The van der Waals surface area contributed by atoms with Crippen molar-refractivity contribution in [3.63, 3.8) is 0 Å². The molecule has 5 nitrogen and oxygen atoms in total. The third-order valence-corrected chi connectivity index (χ3v) is 3.89. The van der Waals surface area contributed by atoms with E-state index in [4.69, 9.17) is 4.74 Å². The molecule has 2 heterocycles. The van der Waals surface area contributed by atoms with Crippen molar-refractivity contribution in [1.29, 1.82) is 0 Å². The van der Waals surface area contributed by atoms with Crippen LogP contribution in [0.4, 0.5) is 0 Å². The highest BCUT2D eigenvalue weighted by molar-refractivity contribution is 5.76. The van der Waals surface area contributed by atoms with Gasteiger partial charge in [0, 0.05) is 38.1 Å². The first-order valence-corrected chi connectivity index (χ1v) is 7.51. The van der Waals surface area contributed by atoms with Gasteiger partial charge in [0.05, 0.1) is 12.7 Å². The van der Waals surface area contributed by atoms with Gasteiger partial charge in [-0.25, -0.2) is 0 Å². The van der Waals surface area contributed by atoms with E-state index in [0.29, 0.717) is 25.0 Å². The number of morpholine rings is 1. The summed E-state index contributed by atoms with van der Waals surface area (Å²) in [6, 6.07) is 1.06. The molecule has 2 fully saturated rings. The van der Waals surface area contributed by atoms with Crippen LogP contribution in [0.15, 0.2) is 0 Å². The smallest absolute Gasteiger partial charge is 0.221 e. The first-order chi connectivity index (χ1) is 9.15. The van der Waals surface area contributed by atoms with Crippen LogP contribution in [0.25, 0.3) is 0 Å². The van der Waals surface area contributed by atoms with Crippen LogP contribution in [-0.4, -0.2) is 61.8 Å². The molecule has 2 aliphatic rings. The van der Waals surface area contributed by atoms with E-state index >= 15 is 0 Å². The molecular weight excluding hydrogens is 242 g/mol. The predicted molar refractivity (Wildman–Crippen MR) is 75.1 cm³/mol. The minimum absolute atomic E-state index is 0.111. The molecule has 0 spiro atoms. The Bertz CT molecular complexity index is 296. The van der Waals surface area contributed by atoms with Gasteiger partial charge in [0.2, 0.25) is 5.91 Å². The summed E-state index contributed by atoms with van der Waals surface area (Å²) in [5.41, 5.74) is 0. The molecule has 0 aromatic carbocycles. The lowest BCUT2D eigenvalue weighted by Crippen LogP contribution is -2.50. The first kappa shape index (κ1) is 14.8. The Morgan fingerprint density at radius 3 is 3.11 bits per heavy atom. The zero-order valence-corrected chi connectivity index (χ0v) is 12.2. The van der Waals surface area contributed by atoms with Gasteiger partial charge in [0.15, 0.2) is 0 Å². The van der Waals surface area contributed by atoms with Crippen molar-refractivity contribution < 1.29 is 9.53 Å². The summed E-state index contributed by atoms with van der Waals surface area (Å²) in [6.45, 7) is 8.54. The number of nitrogens with one attached hydrogen (secondary N) is 2. The van der Waals surface area contributed by atoms with E-state index < -0.39 is 0 Å². The van der Waals surface area contributed by atoms with Gasteiger partial charge in [-0.2, -0.15) is 0 Å². The molecule has 0 aliphatic carbocycles. The van der Waals surface area contributed by atoms with Gasteiger partial charge in [0.1, 0.15) is 0 Å². The van der Waals surface area contributed by atoms with Gasteiger partial charge in [-0.1, -0.05) is 13.8 Å². The minimum atomic E-state index is 0.111. The normalized spacial score (nSPS) is 27.5. The Hall–Kier alpha value is -0.650. The molecular formula is C14H27N3O2. The van der Waals surface area contributed by atoms with E-state index in [1.807, 2.05) is 0 Å². The minimum Gasteiger partial charge on any atom is -0.373 e. The van der Waals surface area contributed by atoms with Gasteiger partial charge >= 0.3 is 0 Å². The maximum atomic E-state index is 11.7. The van der Waals surface area contributed by atoms with E-state index in [9.17, 15) is 4.79 Å². The average molecular weight is 269 g/mol. The molecule has 2 rings (SSSR count). The molecule has 2 unspecified atom stereocenters. The zero-order valence-electron chi connectivity index (χ0n) is 12.2. The number of fused-ring (bicyclic) bond motifs is 1. The van der Waals surface area contributed by atoms with Crippen molar-refractivity contribution in [2.75, 3.05) is 32.8 Å². The lowest BCUT2D eigenvalue weighted by Gasteiger charge is -2.35. The summed E-state index contributed by atoms with van der Waals surface area (Å²) in [4.78, 5) is 14.2.